The minimum atomic E-state index is -0.502. The molecule has 0 spiro atoms. The van der Waals surface area contributed by atoms with Crippen LogP contribution in [-0.4, -0.2) is 30.8 Å². The van der Waals surface area contributed by atoms with Gasteiger partial charge in [-0.3, -0.25) is 9.59 Å². The van der Waals surface area contributed by atoms with Gasteiger partial charge in [0.25, 0.3) is 5.91 Å². The lowest BCUT2D eigenvalue weighted by Crippen LogP contribution is -2.28. The molecule has 1 unspecified atom stereocenters. The lowest BCUT2D eigenvalue weighted by atomic mass is 10.1. The number of para-hydroxylation sites is 1. The Morgan fingerprint density at radius 1 is 1.32 bits per heavy atom. The summed E-state index contributed by atoms with van der Waals surface area (Å²) in [7, 11) is 0. The van der Waals surface area contributed by atoms with E-state index >= 15 is 0 Å². The second kappa shape index (κ2) is 8.81. The van der Waals surface area contributed by atoms with E-state index in [4.69, 9.17) is 9.47 Å². The Labute approximate surface area is 130 Å². The zero-order chi connectivity index (χ0) is 16.5. The third-order valence-corrected chi connectivity index (χ3v) is 3.08. The van der Waals surface area contributed by atoms with Gasteiger partial charge in [0.15, 0.2) is 6.61 Å². The highest BCUT2D eigenvalue weighted by Gasteiger charge is 2.17. The van der Waals surface area contributed by atoms with Crippen molar-refractivity contribution in [3.8, 4) is 5.75 Å². The predicted octanol–water partition coefficient (Wildman–Crippen LogP) is 2.07. The molecule has 0 heterocycles. The average Bonchev–Trinajstić information content (AvgIpc) is 2.51. The minimum absolute atomic E-state index is 0.143. The average molecular weight is 306 g/mol. The van der Waals surface area contributed by atoms with Gasteiger partial charge in [-0.25, -0.2) is 5.43 Å². The Kier molecular flexibility index (Phi) is 7.08. The van der Waals surface area contributed by atoms with Gasteiger partial charge in [-0.05, 0) is 39.3 Å². The monoisotopic (exact) mass is 306 g/mol. The lowest BCUT2D eigenvalue weighted by Gasteiger charge is -2.11. The van der Waals surface area contributed by atoms with Gasteiger partial charge in [-0.2, -0.15) is 5.10 Å². The summed E-state index contributed by atoms with van der Waals surface area (Å²) in [5.74, 6) is -0.608. The molecule has 0 aliphatic carbocycles. The molecule has 1 aromatic rings. The molecule has 0 saturated heterocycles. The zero-order valence-corrected chi connectivity index (χ0v) is 13.4. The van der Waals surface area contributed by atoms with Crippen molar-refractivity contribution in [3.63, 3.8) is 0 Å². The van der Waals surface area contributed by atoms with E-state index in [1.165, 1.54) is 0 Å². The molecule has 1 rings (SSSR count). The number of hydrazone groups is 1. The van der Waals surface area contributed by atoms with E-state index < -0.39 is 11.8 Å². The Hall–Kier alpha value is -2.37. The van der Waals surface area contributed by atoms with Crippen LogP contribution in [0.4, 0.5) is 0 Å². The fourth-order valence-electron chi connectivity index (χ4n) is 1.58. The third kappa shape index (κ3) is 5.55. The molecule has 1 amide bonds. The number of nitrogens with one attached hydrogen (secondary N) is 1. The molecule has 120 valence electrons. The second-order valence-corrected chi connectivity index (χ2v) is 4.82. The van der Waals surface area contributed by atoms with Gasteiger partial charge in [0.05, 0.1) is 12.5 Å². The molecule has 0 aliphatic rings. The summed E-state index contributed by atoms with van der Waals surface area (Å²) in [4.78, 5) is 23.2. The number of benzene rings is 1. The highest BCUT2D eigenvalue weighted by atomic mass is 16.5. The molecular formula is C16H22N2O4. The van der Waals surface area contributed by atoms with Crippen molar-refractivity contribution in [3.05, 3.63) is 29.8 Å². The number of ether oxygens (including phenoxy) is 2. The van der Waals surface area contributed by atoms with E-state index in [0.717, 1.165) is 5.56 Å². The van der Waals surface area contributed by atoms with Crippen LogP contribution in [0.15, 0.2) is 29.4 Å². The quantitative estimate of drug-likeness (QED) is 0.475. The molecule has 1 N–H and O–H groups in total. The van der Waals surface area contributed by atoms with Crippen molar-refractivity contribution < 1.29 is 19.1 Å². The summed E-state index contributed by atoms with van der Waals surface area (Å²) in [5.41, 5.74) is 3.79. The van der Waals surface area contributed by atoms with Crippen molar-refractivity contribution in [2.75, 3.05) is 13.2 Å². The van der Waals surface area contributed by atoms with Gasteiger partial charge < -0.3 is 9.47 Å². The van der Waals surface area contributed by atoms with Crippen molar-refractivity contribution in [1.82, 2.24) is 5.43 Å². The maximum absolute atomic E-state index is 11.7. The van der Waals surface area contributed by atoms with Gasteiger partial charge in [0.2, 0.25) is 0 Å². The maximum Gasteiger partial charge on any atom is 0.314 e. The van der Waals surface area contributed by atoms with E-state index in [-0.39, 0.29) is 12.6 Å². The number of carbonyl (C=O) groups is 2. The molecule has 0 radical (unpaired) electrons. The fraction of sp³-hybridized carbons (Fsp3) is 0.438. The maximum atomic E-state index is 11.7. The van der Waals surface area contributed by atoms with Crippen LogP contribution in [0, 0.1) is 12.8 Å². The SMILES string of the molecule is CCOC(=O)C(C)/C(C)=N\NC(=O)COc1ccccc1C. The van der Waals surface area contributed by atoms with Gasteiger partial charge in [-0.15, -0.1) is 0 Å². The first-order valence-corrected chi connectivity index (χ1v) is 7.13. The van der Waals surface area contributed by atoms with Crippen LogP contribution in [0.5, 0.6) is 5.75 Å². The van der Waals surface area contributed by atoms with E-state index in [1.807, 2.05) is 25.1 Å². The molecule has 6 nitrogen and oxygen atoms in total. The number of rotatable bonds is 7. The molecule has 1 atom stereocenters. The summed E-state index contributed by atoms with van der Waals surface area (Å²) in [6, 6.07) is 7.42. The lowest BCUT2D eigenvalue weighted by molar-refractivity contribution is -0.145. The van der Waals surface area contributed by atoms with E-state index in [2.05, 4.69) is 10.5 Å². The first-order chi connectivity index (χ1) is 10.5. The Bertz CT molecular complexity index is 555. The second-order valence-electron chi connectivity index (χ2n) is 4.82. The standard InChI is InChI=1S/C16H22N2O4/c1-5-21-16(20)12(3)13(4)17-18-15(19)10-22-14-9-7-6-8-11(14)2/h6-9,12H,5,10H2,1-4H3,(H,18,19)/b17-13-. The number of nitrogens with zero attached hydrogens (tertiary/aromatic N) is 1. The molecule has 0 aromatic heterocycles. The largest absolute Gasteiger partial charge is 0.483 e. The molecule has 0 fully saturated rings. The van der Waals surface area contributed by atoms with Crippen LogP contribution in [0.1, 0.15) is 26.3 Å². The first kappa shape index (κ1) is 17.7. The molecule has 0 saturated carbocycles. The van der Waals surface area contributed by atoms with Gasteiger partial charge in [-0.1, -0.05) is 18.2 Å². The summed E-state index contributed by atoms with van der Waals surface area (Å²) >= 11 is 0. The van der Waals surface area contributed by atoms with E-state index in [9.17, 15) is 9.59 Å². The highest BCUT2D eigenvalue weighted by Crippen LogP contribution is 2.15. The number of carbonyl (C=O) groups excluding carboxylic acids is 2. The summed E-state index contributed by atoms with van der Waals surface area (Å²) in [6.07, 6.45) is 0. The van der Waals surface area contributed by atoms with Crippen molar-refractivity contribution in [2.45, 2.75) is 27.7 Å². The van der Waals surface area contributed by atoms with Crippen molar-refractivity contribution >= 4 is 17.6 Å². The normalized spacial score (nSPS) is 12.5. The summed E-state index contributed by atoms with van der Waals surface area (Å²) in [6.45, 7) is 7.14. The van der Waals surface area contributed by atoms with Gasteiger partial charge in [0, 0.05) is 5.71 Å². The van der Waals surface area contributed by atoms with Gasteiger partial charge in [0.1, 0.15) is 5.75 Å². The Morgan fingerprint density at radius 2 is 2.00 bits per heavy atom. The number of hydrogen-bond donors (Lipinski definition) is 1. The molecule has 0 aliphatic heterocycles. The molecular weight excluding hydrogens is 284 g/mol. The minimum Gasteiger partial charge on any atom is -0.483 e. The molecule has 6 heteroatoms. The van der Waals surface area contributed by atoms with Crippen LogP contribution in [-0.2, 0) is 14.3 Å². The van der Waals surface area contributed by atoms with Crippen LogP contribution >= 0.6 is 0 Å². The summed E-state index contributed by atoms with van der Waals surface area (Å²) < 4.78 is 10.3. The first-order valence-electron chi connectivity index (χ1n) is 7.13. The van der Waals surface area contributed by atoms with Crippen molar-refractivity contribution in [2.24, 2.45) is 11.0 Å². The van der Waals surface area contributed by atoms with Crippen LogP contribution in [0.3, 0.4) is 0 Å². The zero-order valence-electron chi connectivity index (χ0n) is 13.4. The number of amides is 1. The third-order valence-electron chi connectivity index (χ3n) is 3.08. The highest BCUT2D eigenvalue weighted by molar-refractivity contribution is 6.00. The van der Waals surface area contributed by atoms with Crippen molar-refractivity contribution in [1.29, 1.82) is 0 Å². The van der Waals surface area contributed by atoms with E-state index in [1.54, 1.807) is 26.8 Å². The van der Waals surface area contributed by atoms with Crippen LogP contribution in [0.25, 0.3) is 0 Å². The Balaban J connectivity index is 2.46. The number of esters is 1. The molecule has 22 heavy (non-hydrogen) atoms. The number of aryl methyl sites for hydroxylation is 1. The van der Waals surface area contributed by atoms with Gasteiger partial charge >= 0.3 is 5.97 Å². The van der Waals surface area contributed by atoms with E-state index in [0.29, 0.717) is 18.1 Å². The van der Waals surface area contributed by atoms with Crippen LogP contribution in [0.2, 0.25) is 0 Å². The topological polar surface area (TPSA) is 77.0 Å². The molecule has 1 aromatic carbocycles. The smallest absolute Gasteiger partial charge is 0.314 e. The number of hydrogen-bond acceptors (Lipinski definition) is 5. The molecule has 0 bridgehead atoms. The van der Waals surface area contributed by atoms with Crippen LogP contribution < -0.4 is 10.2 Å². The predicted molar refractivity (Wildman–Crippen MR) is 83.7 cm³/mol. The summed E-state index contributed by atoms with van der Waals surface area (Å²) in [5, 5.41) is 3.90. The Morgan fingerprint density at radius 3 is 2.64 bits per heavy atom. The fourth-order valence-corrected chi connectivity index (χ4v) is 1.58.